The summed E-state index contributed by atoms with van der Waals surface area (Å²) in [4.78, 5) is 10.8. The number of benzene rings is 9. The molecule has 0 saturated heterocycles. The van der Waals surface area contributed by atoms with Crippen LogP contribution in [0.25, 0.3) is 125 Å². The molecule has 4 heterocycles. The standard InChI is InChI=1S/C54H31N3OS/c1-2-12-32(13-3-1)37-26-27-44-42(30-37)43-29-35-16-6-7-17-36(35)31-46(43)57(44)45-21-10-19-40-49-41(20-11-22-47(49)58-52(40)45)54-55-50(38-25-24-33-14-4-5-15-34(33)28-38)53-51(56-54)39-18-8-9-23-48(39)59-53/h1-31H. The Morgan fingerprint density at radius 3 is 2.05 bits per heavy atom. The van der Waals surface area contributed by atoms with Crippen molar-refractivity contribution in [2.45, 2.75) is 0 Å². The van der Waals surface area contributed by atoms with Gasteiger partial charge in [0.2, 0.25) is 0 Å². The molecule has 0 atom stereocenters. The monoisotopic (exact) mass is 769 g/mol. The Morgan fingerprint density at radius 1 is 0.458 bits per heavy atom. The van der Waals surface area contributed by atoms with Gasteiger partial charge in [-0.2, -0.15) is 0 Å². The first-order chi connectivity index (χ1) is 29.2. The van der Waals surface area contributed by atoms with Gasteiger partial charge in [-0.15, -0.1) is 11.3 Å². The molecular formula is C54H31N3OS. The van der Waals surface area contributed by atoms with Gasteiger partial charge >= 0.3 is 0 Å². The van der Waals surface area contributed by atoms with Gasteiger partial charge in [0.15, 0.2) is 11.4 Å². The fraction of sp³-hybridized carbons (Fsp3) is 0. The molecule has 0 bridgehead atoms. The van der Waals surface area contributed by atoms with E-state index in [-0.39, 0.29) is 0 Å². The van der Waals surface area contributed by atoms with Gasteiger partial charge in [-0.1, -0.05) is 140 Å². The summed E-state index contributed by atoms with van der Waals surface area (Å²) in [5.74, 6) is 0.680. The second kappa shape index (κ2) is 12.4. The molecule has 4 nitrogen and oxygen atoms in total. The summed E-state index contributed by atoms with van der Waals surface area (Å²) in [6.45, 7) is 0. The lowest BCUT2D eigenvalue weighted by Crippen LogP contribution is -1.95. The van der Waals surface area contributed by atoms with E-state index in [4.69, 9.17) is 14.4 Å². The molecule has 4 aromatic heterocycles. The smallest absolute Gasteiger partial charge is 0.161 e. The van der Waals surface area contributed by atoms with Crippen molar-refractivity contribution in [2.24, 2.45) is 0 Å². The minimum absolute atomic E-state index is 0.680. The van der Waals surface area contributed by atoms with Gasteiger partial charge in [0, 0.05) is 42.8 Å². The fourth-order valence-corrected chi connectivity index (χ4v) is 10.4. The van der Waals surface area contributed by atoms with E-state index in [9.17, 15) is 0 Å². The van der Waals surface area contributed by atoms with Crippen molar-refractivity contribution in [1.29, 1.82) is 0 Å². The maximum atomic E-state index is 6.98. The van der Waals surface area contributed by atoms with E-state index < -0.39 is 0 Å². The van der Waals surface area contributed by atoms with Crippen molar-refractivity contribution < 1.29 is 4.42 Å². The Hall–Kier alpha value is -7.60. The summed E-state index contributed by atoms with van der Waals surface area (Å²) in [6, 6.07) is 67.2. The molecule has 9 aromatic carbocycles. The summed E-state index contributed by atoms with van der Waals surface area (Å²) < 4.78 is 11.6. The van der Waals surface area contributed by atoms with Crippen LogP contribution in [0, 0.1) is 0 Å². The van der Waals surface area contributed by atoms with Crippen molar-refractivity contribution in [3.8, 4) is 39.5 Å². The third-order valence-electron chi connectivity index (χ3n) is 12.0. The highest BCUT2D eigenvalue weighted by Crippen LogP contribution is 2.44. The molecule has 0 unspecified atom stereocenters. The summed E-state index contributed by atoms with van der Waals surface area (Å²) in [7, 11) is 0. The van der Waals surface area contributed by atoms with Gasteiger partial charge in [-0.05, 0) is 81.2 Å². The normalized spacial score (nSPS) is 12.1. The predicted octanol–water partition coefficient (Wildman–Crippen LogP) is 15.1. The highest BCUT2D eigenvalue weighted by atomic mass is 32.1. The number of para-hydroxylation sites is 1. The quantitative estimate of drug-likeness (QED) is 0.179. The van der Waals surface area contributed by atoms with Crippen molar-refractivity contribution >= 4 is 96.9 Å². The number of furan rings is 1. The summed E-state index contributed by atoms with van der Waals surface area (Å²) in [6.07, 6.45) is 0. The second-order valence-electron chi connectivity index (χ2n) is 15.3. The highest BCUT2D eigenvalue weighted by molar-refractivity contribution is 7.26. The molecule has 0 spiro atoms. The number of hydrogen-bond donors (Lipinski definition) is 0. The van der Waals surface area contributed by atoms with Gasteiger partial charge in [-0.3, -0.25) is 0 Å². The van der Waals surface area contributed by atoms with Gasteiger partial charge in [0.1, 0.15) is 5.58 Å². The maximum Gasteiger partial charge on any atom is 0.161 e. The molecule has 13 aromatic rings. The molecule has 5 heteroatoms. The molecule has 59 heavy (non-hydrogen) atoms. The third kappa shape index (κ3) is 4.89. The Kier molecular flexibility index (Phi) is 6.85. The molecule has 274 valence electrons. The first-order valence-corrected chi connectivity index (χ1v) is 20.7. The Morgan fingerprint density at radius 2 is 1.17 bits per heavy atom. The summed E-state index contributed by atoms with van der Waals surface area (Å²) in [5.41, 5.74) is 11.2. The number of fused-ring (bicyclic) bond motifs is 11. The van der Waals surface area contributed by atoms with Gasteiger partial charge in [0.25, 0.3) is 0 Å². The van der Waals surface area contributed by atoms with Crippen molar-refractivity contribution in [1.82, 2.24) is 14.5 Å². The number of rotatable bonds is 4. The van der Waals surface area contributed by atoms with Crippen LogP contribution >= 0.6 is 11.3 Å². The molecule has 0 radical (unpaired) electrons. The van der Waals surface area contributed by atoms with Crippen LogP contribution in [0.2, 0.25) is 0 Å². The van der Waals surface area contributed by atoms with Crippen LogP contribution in [0.3, 0.4) is 0 Å². The molecule has 0 N–H and O–H groups in total. The molecule has 13 rings (SSSR count). The van der Waals surface area contributed by atoms with Crippen molar-refractivity contribution in [3.63, 3.8) is 0 Å². The lowest BCUT2D eigenvalue weighted by Gasteiger charge is -2.10. The second-order valence-corrected chi connectivity index (χ2v) is 16.4. The van der Waals surface area contributed by atoms with Crippen LogP contribution in [-0.2, 0) is 0 Å². The Bertz CT molecular complexity index is 3860. The van der Waals surface area contributed by atoms with Crippen molar-refractivity contribution in [2.75, 3.05) is 0 Å². The lowest BCUT2D eigenvalue weighted by atomic mass is 10.0. The van der Waals surface area contributed by atoms with E-state index in [1.165, 1.54) is 48.1 Å². The first kappa shape index (κ1) is 32.5. The number of nitrogens with zero attached hydrogens (tertiary/aromatic N) is 3. The van der Waals surface area contributed by atoms with Crippen LogP contribution in [-0.4, -0.2) is 14.5 Å². The molecule has 0 saturated carbocycles. The van der Waals surface area contributed by atoms with Crippen LogP contribution in [0.4, 0.5) is 0 Å². The number of hydrogen-bond acceptors (Lipinski definition) is 4. The average Bonchev–Trinajstić information content (AvgIpc) is 3.97. The van der Waals surface area contributed by atoms with Crippen molar-refractivity contribution in [3.05, 3.63) is 188 Å². The Balaban J connectivity index is 1.07. The van der Waals surface area contributed by atoms with E-state index in [1.807, 2.05) is 0 Å². The summed E-state index contributed by atoms with van der Waals surface area (Å²) in [5, 5.41) is 10.4. The molecule has 0 aliphatic carbocycles. The molecule has 0 aliphatic heterocycles. The van der Waals surface area contributed by atoms with E-state index in [2.05, 4.69) is 193 Å². The van der Waals surface area contributed by atoms with Crippen LogP contribution in [0.15, 0.2) is 192 Å². The fourth-order valence-electron chi connectivity index (χ4n) is 9.21. The zero-order valence-corrected chi connectivity index (χ0v) is 32.4. The van der Waals surface area contributed by atoms with Crippen LogP contribution in [0.1, 0.15) is 0 Å². The SMILES string of the molecule is c1ccc(-c2ccc3c(c2)c2cc4ccccc4cc2n3-c2cccc3c2oc2cccc(-c4nc(-c5ccc6ccccc6c5)c5sc6ccccc6c5n4)c23)cc1. The van der Waals surface area contributed by atoms with Crippen LogP contribution in [0.5, 0.6) is 0 Å². The molecule has 0 amide bonds. The average molecular weight is 770 g/mol. The highest BCUT2D eigenvalue weighted by Gasteiger charge is 2.23. The number of thiophene rings is 1. The lowest BCUT2D eigenvalue weighted by molar-refractivity contribution is 0.666. The molecule has 0 fully saturated rings. The maximum absolute atomic E-state index is 6.98. The van der Waals surface area contributed by atoms with Crippen LogP contribution < -0.4 is 0 Å². The van der Waals surface area contributed by atoms with E-state index in [1.54, 1.807) is 11.3 Å². The topological polar surface area (TPSA) is 43.9 Å². The Labute approximate surface area is 341 Å². The zero-order valence-electron chi connectivity index (χ0n) is 31.6. The zero-order chi connectivity index (χ0) is 38.6. The van der Waals surface area contributed by atoms with Gasteiger partial charge in [0.05, 0.1) is 32.6 Å². The van der Waals surface area contributed by atoms with Gasteiger partial charge in [-0.25, -0.2) is 9.97 Å². The number of aromatic nitrogens is 3. The predicted molar refractivity (Wildman–Crippen MR) is 248 cm³/mol. The largest absolute Gasteiger partial charge is 0.454 e. The molecular weight excluding hydrogens is 739 g/mol. The van der Waals surface area contributed by atoms with E-state index in [0.29, 0.717) is 5.82 Å². The summed E-state index contributed by atoms with van der Waals surface area (Å²) >= 11 is 1.76. The minimum Gasteiger partial charge on any atom is -0.454 e. The third-order valence-corrected chi connectivity index (χ3v) is 13.1. The molecule has 0 aliphatic rings. The first-order valence-electron chi connectivity index (χ1n) is 19.9. The van der Waals surface area contributed by atoms with E-state index >= 15 is 0 Å². The van der Waals surface area contributed by atoms with Gasteiger partial charge < -0.3 is 8.98 Å². The minimum atomic E-state index is 0.680. The van der Waals surface area contributed by atoms with E-state index in [0.717, 1.165) is 71.1 Å².